The zero-order valence-electron chi connectivity index (χ0n) is 18.8. The number of benzene rings is 2. The van der Waals surface area contributed by atoms with Crippen molar-refractivity contribution in [1.29, 1.82) is 0 Å². The molecule has 2 aliphatic heterocycles. The number of pyridine rings is 1. The highest BCUT2D eigenvalue weighted by Crippen LogP contribution is 2.37. The number of halogens is 1. The lowest BCUT2D eigenvalue weighted by atomic mass is 9.84. The molecule has 2 aliphatic rings. The Morgan fingerprint density at radius 3 is 2.53 bits per heavy atom. The molecular weight excluding hydrogens is 508 g/mol. The van der Waals surface area contributed by atoms with Crippen molar-refractivity contribution in [3.8, 4) is 0 Å². The SMILES string of the molecule is O=C(Nc1ccc(S(=O)(=O)N2CC3CC(C2)c2cccc(=O)n2C3)cc1)c1cc(Cl)ccc1[N+](=O)[O-]. The lowest BCUT2D eigenvalue weighted by Crippen LogP contribution is -2.48. The monoisotopic (exact) mass is 528 g/mol. The summed E-state index contributed by atoms with van der Waals surface area (Å²) < 4.78 is 30.0. The first-order chi connectivity index (χ1) is 17.1. The number of nitrogens with zero attached hydrogens (tertiary/aromatic N) is 3. The van der Waals surface area contributed by atoms with Crippen molar-refractivity contribution in [2.75, 3.05) is 18.4 Å². The van der Waals surface area contributed by atoms with E-state index >= 15 is 0 Å². The first-order valence-corrected chi connectivity index (χ1v) is 13.0. The van der Waals surface area contributed by atoms with Crippen LogP contribution in [0.3, 0.4) is 0 Å². The Labute approximate surface area is 211 Å². The Hall–Kier alpha value is -3.54. The van der Waals surface area contributed by atoms with Gasteiger partial charge in [0.1, 0.15) is 5.56 Å². The summed E-state index contributed by atoms with van der Waals surface area (Å²) in [5, 5.41) is 14.0. The van der Waals surface area contributed by atoms with Crippen LogP contribution in [0, 0.1) is 16.0 Å². The second-order valence-corrected chi connectivity index (χ2v) is 11.3. The third kappa shape index (κ3) is 4.41. The predicted octanol–water partition coefficient (Wildman–Crippen LogP) is 3.47. The van der Waals surface area contributed by atoms with Crippen molar-refractivity contribution in [3.05, 3.63) is 97.4 Å². The molecular formula is C24H21ClN4O6S. The van der Waals surface area contributed by atoms with E-state index in [0.717, 1.165) is 18.2 Å². The van der Waals surface area contributed by atoms with E-state index < -0.39 is 26.5 Å². The average molecular weight is 529 g/mol. The normalized spacial score (nSPS) is 19.4. The molecule has 12 heteroatoms. The molecule has 36 heavy (non-hydrogen) atoms. The molecule has 2 atom stereocenters. The maximum absolute atomic E-state index is 13.4. The number of carbonyl (C=O) groups excluding carboxylic acids is 1. The van der Waals surface area contributed by atoms with E-state index in [1.54, 1.807) is 10.6 Å². The van der Waals surface area contributed by atoms with Crippen molar-refractivity contribution in [3.63, 3.8) is 0 Å². The van der Waals surface area contributed by atoms with Crippen molar-refractivity contribution < 1.29 is 18.1 Å². The van der Waals surface area contributed by atoms with Gasteiger partial charge in [0.25, 0.3) is 17.2 Å². The lowest BCUT2D eigenvalue weighted by molar-refractivity contribution is -0.385. The molecule has 1 N–H and O–H groups in total. The maximum Gasteiger partial charge on any atom is 0.282 e. The molecule has 3 aromatic rings. The second-order valence-electron chi connectivity index (χ2n) is 8.92. The number of carbonyl (C=O) groups is 1. The molecule has 0 spiro atoms. The largest absolute Gasteiger partial charge is 0.322 e. The van der Waals surface area contributed by atoms with Crippen molar-refractivity contribution in [1.82, 2.24) is 8.87 Å². The quantitative estimate of drug-likeness (QED) is 0.398. The Bertz CT molecular complexity index is 1540. The summed E-state index contributed by atoms with van der Waals surface area (Å²) in [6.07, 6.45) is 0.829. The Morgan fingerprint density at radius 2 is 1.81 bits per heavy atom. The number of nitro groups is 1. The van der Waals surface area contributed by atoms with Gasteiger partial charge in [-0.25, -0.2) is 8.42 Å². The summed E-state index contributed by atoms with van der Waals surface area (Å²) in [6.45, 7) is 1.08. The van der Waals surface area contributed by atoms with Gasteiger partial charge in [-0.2, -0.15) is 4.31 Å². The first kappa shape index (κ1) is 24.2. The van der Waals surface area contributed by atoms with E-state index in [-0.39, 0.29) is 45.1 Å². The number of aromatic nitrogens is 1. The molecule has 10 nitrogen and oxygen atoms in total. The number of nitro benzene ring substituents is 1. The fourth-order valence-electron chi connectivity index (χ4n) is 4.96. The molecule has 1 fully saturated rings. The second kappa shape index (κ2) is 9.16. The molecule has 3 heterocycles. The Kier molecular flexibility index (Phi) is 6.15. The highest BCUT2D eigenvalue weighted by atomic mass is 35.5. The molecule has 2 unspecified atom stereocenters. The van der Waals surface area contributed by atoms with E-state index in [1.165, 1.54) is 46.8 Å². The molecule has 0 aliphatic carbocycles. The first-order valence-electron chi connectivity index (χ1n) is 11.2. The fraction of sp³-hybridized carbons (Fsp3) is 0.250. The van der Waals surface area contributed by atoms with Gasteiger partial charge in [-0.3, -0.25) is 19.7 Å². The minimum absolute atomic E-state index is 0.0400. The number of nitrogens with one attached hydrogen (secondary N) is 1. The van der Waals surface area contributed by atoms with Gasteiger partial charge < -0.3 is 9.88 Å². The third-order valence-electron chi connectivity index (χ3n) is 6.60. The van der Waals surface area contributed by atoms with E-state index in [1.807, 2.05) is 6.07 Å². The minimum atomic E-state index is -3.81. The summed E-state index contributed by atoms with van der Waals surface area (Å²) in [5.74, 6) is -0.760. The summed E-state index contributed by atoms with van der Waals surface area (Å²) in [7, 11) is -3.81. The Balaban J connectivity index is 1.34. The number of rotatable bonds is 5. The van der Waals surface area contributed by atoms with Gasteiger partial charge in [0.2, 0.25) is 10.0 Å². The Morgan fingerprint density at radius 1 is 1.06 bits per heavy atom. The van der Waals surface area contributed by atoms with Gasteiger partial charge in [0.15, 0.2) is 0 Å². The maximum atomic E-state index is 13.4. The van der Waals surface area contributed by atoms with Crippen LogP contribution in [-0.4, -0.2) is 41.2 Å². The lowest BCUT2D eigenvalue weighted by Gasteiger charge is -2.42. The zero-order chi connectivity index (χ0) is 25.6. The number of hydrogen-bond acceptors (Lipinski definition) is 6. The highest BCUT2D eigenvalue weighted by Gasteiger charge is 2.39. The topological polar surface area (TPSA) is 132 Å². The van der Waals surface area contributed by atoms with Crippen LogP contribution >= 0.6 is 11.6 Å². The standard InChI is InChI=1S/C24H21ClN4O6S/c25-17-4-9-22(29(32)33)20(11-17)24(31)26-18-5-7-19(8-6-18)36(34,35)27-12-15-10-16(14-27)21-2-1-3-23(30)28(21)13-15/h1-9,11,15-16H,10,12-14H2,(H,26,31). The van der Waals surface area contributed by atoms with Crippen LogP contribution in [-0.2, 0) is 16.6 Å². The van der Waals surface area contributed by atoms with Gasteiger partial charge in [-0.15, -0.1) is 0 Å². The summed E-state index contributed by atoms with van der Waals surface area (Å²) in [4.78, 5) is 35.5. The molecule has 0 saturated carbocycles. The van der Waals surface area contributed by atoms with Crippen LogP contribution < -0.4 is 10.9 Å². The number of piperidine rings is 1. The van der Waals surface area contributed by atoms with Crippen molar-refractivity contribution in [2.24, 2.45) is 5.92 Å². The van der Waals surface area contributed by atoms with E-state index in [0.29, 0.717) is 13.1 Å². The molecule has 186 valence electrons. The predicted molar refractivity (Wildman–Crippen MR) is 133 cm³/mol. The molecule has 1 saturated heterocycles. The van der Waals surface area contributed by atoms with Gasteiger partial charge in [-0.1, -0.05) is 17.7 Å². The molecule has 0 radical (unpaired) electrons. The number of hydrogen-bond donors (Lipinski definition) is 1. The minimum Gasteiger partial charge on any atom is -0.322 e. The number of amides is 1. The fourth-order valence-corrected chi connectivity index (χ4v) is 6.69. The van der Waals surface area contributed by atoms with E-state index in [2.05, 4.69) is 5.32 Å². The van der Waals surface area contributed by atoms with E-state index in [4.69, 9.17) is 11.6 Å². The van der Waals surface area contributed by atoms with Crippen LogP contribution in [0.2, 0.25) is 5.02 Å². The number of sulfonamides is 1. The molecule has 2 bridgehead atoms. The molecule has 1 aromatic heterocycles. The highest BCUT2D eigenvalue weighted by molar-refractivity contribution is 7.89. The molecule has 5 rings (SSSR count). The van der Waals surface area contributed by atoms with Crippen LogP contribution in [0.15, 0.2) is 70.4 Å². The number of fused-ring (bicyclic) bond motifs is 4. The molecule has 1 amide bonds. The summed E-state index contributed by atoms with van der Waals surface area (Å²) in [5.41, 5.74) is 0.460. The van der Waals surface area contributed by atoms with Gasteiger partial charge >= 0.3 is 0 Å². The summed E-state index contributed by atoms with van der Waals surface area (Å²) in [6, 6.07) is 14.4. The third-order valence-corrected chi connectivity index (χ3v) is 8.68. The van der Waals surface area contributed by atoms with Crippen molar-refractivity contribution in [2.45, 2.75) is 23.8 Å². The van der Waals surface area contributed by atoms with Crippen LogP contribution in [0.5, 0.6) is 0 Å². The van der Waals surface area contributed by atoms with E-state index in [9.17, 15) is 28.1 Å². The van der Waals surface area contributed by atoms with Crippen LogP contribution in [0.1, 0.15) is 28.4 Å². The van der Waals surface area contributed by atoms with Gasteiger partial charge in [0, 0.05) is 54.1 Å². The van der Waals surface area contributed by atoms with Gasteiger partial charge in [0.05, 0.1) is 9.82 Å². The average Bonchev–Trinajstić information content (AvgIpc) is 2.84. The molecule has 2 aromatic carbocycles. The van der Waals surface area contributed by atoms with Crippen LogP contribution in [0.4, 0.5) is 11.4 Å². The smallest absolute Gasteiger partial charge is 0.282 e. The van der Waals surface area contributed by atoms with Crippen LogP contribution in [0.25, 0.3) is 0 Å². The van der Waals surface area contributed by atoms with Crippen molar-refractivity contribution >= 4 is 38.9 Å². The number of anilines is 1. The zero-order valence-corrected chi connectivity index (χ0v) is 20.4. The van der Waals surface area contributed by atoms with Gasteiger partial charge in [-0.05, 0) is 54.8 Å². The summed E-state index contributed by atoms with van der Waals surface area (Å²) >= 11 is 5.89.